The Balaban J connectivity index is 1.54. The van der Waals surface area contributed by atoms with Crippen molar-refractivity contribution in [3.63, 3.8) is 0 Å². The number of hydrogen-bond acceptors (Lipinski definition) is 5. The van der Waals surface area contributed by atoms with Crippen LogP contribution in [0.5, 0.6) is 0 Å². The summed E-state index contributed by atoms with van der Waals surface area (Å²) in [4.78, 5) is 14.7. The molecule has 0 radical (unpaired) electrons. The highest BCUT2D eigenvalue weighted by Crippen LogP contribution is 2.40. The summed E-state index contributed by atoms with van der Waals surface area (Å²) in [6.45, 7) is 8.49. The van der Waals surface area contributed by atoms with Gasteiger partial charge >= 0.3 is 0 Å². The summed E-state index contributed by atoms with van der Waals surface area (Å²) >= 11 is 0. The van der Waals surface area contributed by atoms with Gasteiger partial charge in [0.2, 0.25) is 0 Å². The van der Waals surface area contributed by atoms with E-state index in [0.29, 0.717) is 30.1 Å². The minimum atomic E-state index is -0.136. The lowest BCUT2D eigenvalue weighted by Gasteiger charge is -2.35. The second kappa shape index (κ2) is 7.45. The number of ether oxygens (including phenoxy) is 1. The monoisotopic (exact) mass is 321 g/mol. The molecule has 1 aromatic rings. The van der Waals surface area contributed by atoms with E-state index in [-0.39, 0.29) is 5.91 Å². The number of amides is 1. The number of carbonyl (C=O) groups is 1. The zero-order valence-electron chi connectivity index (χ0n) is 14.1. The Labute approximate surface area is 137 Å². The van der Waals surface area contributed by atoms with Crippen LogP contribution in [0.2, 0.25) is 0 Å². The molecule has 0 aromatic carbocycles. The van der Waals surface area contributed by atoms with Gasteiger partial charge in [-0.2, -0.15) is 0 Å². The second-order valence-electron chi connectivity index (χ2n) is 7.03. The van der Waals surface area contributed by atoms with Crippen molar-refractivity contribution in [1.29, 1.82) is 0 Å². The van der Waals surface area contributed by atoms with E-state index in [2.05, 4.69) is 29.2 Å². The third kappa shape index (κ3) is 4.54. The van der Waals surface area contributed by atoms with Crippen LogP contribution >= 0.6 is 0 Å². The maximum atomic E-state index is 12.3. The predicted octanol–water partition coefficient (Wildman–Crippen LogP) is 2.03. The first-order valence-corrected chi connectivity index (χ1v) is 8.70. The number of nitrogens with zero attached hydrogens (tertiary/aromatic N) is 2. The highest BCUT2D eigenvalue weighted by atomic mass is 16.5. The van der Waals surface area contributed by atoms with Crippen molar-refractivity contribution in [2.24, 2.45) is 5.92 Å². The first kappa shape index (κ1) is 16.5. The van der Waals surface area contributed by atoms with Gasteiger partial charge in [-0.25, -0.2) is 0 Å². The number of rotatable bonds is 7. The molecule has 0 bridgehead atoms. The molecule has 2 aliphatic rings. The van der Waals surface area contributed by atoms with Crippen LogP contribution in [-0.4, -0.2) is 54.9 Å². The molecular formula is C17H27N3O3. The smallest absolute Gasteiger partial charge is 0.273 e. The van der Waals surface area contributed by atoms with E-state index in [1.807, 2.05) is 0 Å². The van der Waals surface area contributed by atoms with Crippen molar-refractivity contribution in [3.8, 4) is 0 Å². The largest absolute Gasteiger partial charge is 0.379 e. The standard InChI is InChI=1S/C17H27N3O3/c1-12(2)9-14(20-5-7-22-8-6-20)11-18-17(21)15-10-16(23-19-15)13-3-4-13/h10,12-14H,3-9,11H2,1-2H3,(H,18,21). The summed E-state index contributed by atoms with van der Waals surface area (Å²) < 4.78 is 10.7. The van der Waals surface area contributed by atoms with Crippen LogP contribution in [0.3, 0.4) is 0 Å². The fourth-order valence-corrected chi connectivity index (χ4v) is 3.11. The third-order valence-corrected chi connectivity index (χ3v) is 4.54. The molecule has 1 aromatic heterocycles. The molecule has 1 amide bonds. The Morgan fingerprint density at radius 1 is 1.39 bits per heavy atom. The van der Waals surface area contributed by atoms with Gasteiger partial charge in [0.15, 0.2) is 5.69 Å². The Morgan fingerprint density at radius 3 is 2.78 bits per heavy atom. The van der Waals surface area contributed by atoms with Gasteiger partial charge in [0, 0.05) is 37.7 Å². The zero-order chi connectivity index (χ0) is 16.2. The van der Waals surface area contributed by atoms with Gasteiger partial charge in [-0.15, -0.1) is 0 Å². The maximum Gasteiger partial charge on any atom is 0.273 e. The average Bonchev–Trinajstić information content (AvgIpc) is 3.28. The number of morpholine rings is 1. The summed E-state index contributed by atoms with van der Waals surface area (Å²) in [5.41, 5.74) is 0.400. The summed E-state index contributed by atoms with van der Waals surface area (Å²) in [6, 6.07) is 2.14. The molecule has 6 heteroatoms. The summed E-state index contributed by atoms with van der Waals surface area (Å²) in [5, 5.41) is 6.94. The molecule has 1 N–H and O–H groups in total. The van der Waals surface area contributed by atoms with E-state index >= 15 is 0 Å². The van der Waals surface area contributed by atoms with Crippen LogP contribution in [0.4, 0.5) is 0 Å². The lowest BCUT2D eigenvalue weighted by molar-refractivity contribution is 0.0124. The van der Waals surface area contributed by atoms with Gasteiger partial charge in [-0.3, -0.25) is 9.69 Å². The molecule has 1 aliphatic carbocycles. The molecule has 1 atom stereocenters. The molecule has 1 saturated carbocycles. The molecule has 1 aliphatic heterocycles. The topological polar surface area (TPSA) is 67.6 Å². The van der Waals surface area contributed by atoms with Crippen molar-refractivity contribution in [3.05, 3.63) is 17.5 Å². The predicted molar refractivity (Wildman–Crippen MR) is 86.4 cm³/mol. The summed E-state index contributed by atoms with van der Waals surface area (Å²) in [5.74, 6) is 1.78. The van der Waals surface area contributed by atoms with Gasteiger partial charge in [0.05, 0.1) is 13.2 Å². The van der Waals surface area contributed by atoms with Crippen molar-refractivity contribution in [2.75, 3.05) is 32.8 Å². The van der Waals surface area contributed by atoms with Crippen molar-refractivity contribution >= 4 is 5.91 Å². The minimum absolute atomic E-state index is 0.136. The molecule has 0 spiro atoms. The van der Waals surface area contributed by atoms with E-state index in [1.54, 1.807) is 6.07 Å². The van der Waals surface area contributed by atoms with Gasteiger partial charge in [-0.1, -0.05) is 19.0 Å². The minimum Gasteiger partial charge on any atom is -0.379 e. The Hall–Kier alpha value is -1.40. The van der Waals surface area contributed by atoms with Crippen molar-refractivity contribution in [2.45, 2.75) is 45.1 Å². The number of nitrogens with one attached hydrogen (secondary N) is 1. The Morgan fingerprint density at radius 2 is 2.13 bits per heavy atom. The highest BCUT2D eigenvalue weighted by Gasteiger charge is 2.29. The fourth-order valence-electron chi connectivity index (χ4n) is 3.11. The normalized spacial score (nSPS) is 20.7. The Bertz CT molecular complexity index is 519. The van der Waals surface area contributed by atoms with Crippen LogP contribution in [0.1, 0.15) is 55.3 Å². The SMILES string of the molecule is CC(C)CC(CNC(=O)c1cc(C2CC2)on1)N1CCOCC1. The molecule has 128 valence electrons. The quantitative estimate of drug-likeness (QED) is 0.832. The number of carbonyl (C=O) groups excluding carboxylic acids is 1. The van der Waals surface area contributed by atoms with E-state index in [0.717, 1.165) is 51.3 Å². The molecule has 1 saturated heterocycles. The molecule has 1 unspecified atom stereocenters. The number of aromatic nitrogens is 1. The fraction of sp³-hybridized carbons (Fsp3) is 0.765. The average molecular weight is 321 g/mol. The van der Waals surface area contributed by atoms with E-state index < -0.39 is 0 Å². The first-order chi connectivity index (χ1) is 11.1. The van der Waals surface area contributed by atoms with Gasteiger partial charge in [-0.05, 0) is 25.2 Å². The van der Waals surface area contributed by atoms with Gasteiger partial charge in [0.1, 0.15) is 5.76 Å². The molecule has 2 heterocycles. The highest BCUT2D eigenvalue weighted by molar-refractivity contribution is 5.92. The van der Waals surface area contributed by atoms with Crippen LogP contribution in [0, 0.1) is 5.92 Å². The van der Waals surface area contributed by atoms with Crippen LogP contribution < -0.4 is 5.32 Å². The maximum absolute atomic E-state index is 12.3. The van der Waals surface area contributed by atoms with E-state index in [1.165, 1.54) is 0 Å². The van der Waals surface area contributed by atoms with Crippen molar-refractivity contribution < 1.29 is 14.1 Å². The third-order valence-electron chi connectivity index (χ3n) is 4.54. The number of hydrogen-bond donors (Lipinski definition) is 1. The molecule has 2 fully saturated rings. The van der Waals surface area contributed by atoms with Crippen LogP contribution in [0.25, 0.3) is 0 Å². The lowest BCUT2D eigenvalue weighted by atomic mass is 10.0. The second-order valence-corrected chi connectivity index (χ2v) is 7.03. The molecule has 6 nitrogen and oxygen atoms in total. The van der Waals surface area contributed by atoms with Gasteiger partial charge in [0.25, 0.3) is 5.91 Å². The summed E-state index contributed by atoms with van der Waals surface area (Å²) in [6.07, 6.45) is 3.35. The first-order valence-electron chi connectivity index (χ1n) is 8.70. The van der Waals surface area contributed by atoms with E-state index in [9.17, 15) is 4.79 Å². The van der Waals surface area contributed by atoms with Gasteiger partial charge < -0.3 is 14.6 Å². The lowest BCUT2D eigenvalue weighted by Crippen LogP contribution is -2.49. The van der Waals surface area contributed by atoms with Crippen molar-refractivity contribution in [1.82, 2.24) is 15.4 Å². The molecule has 3 rings (SSSR count). The van der Waals surface area contributed by atoms with Crippen LogP contribution in [0.15, 0.2) is 10.6 Å². The zero-order valence-corrected chi connectivity index (χ0v) is 14.1. The Kier molecular flexibility index (Phi) is 5.33. The van der Waals surface area contributed by atoms with Crippen LogP contribution in [-0.2, 0) is 4.74 Å². The molecular weight excluding hydrogens is 294 g/mol. The summed E-state index contributed by atoms with van der Waals surface area (Å²) in [7, 11) is 0. The van der Waals surface area contributed by atoms with E-state index in [4.69, 9.17) is 9.26 Å². The molecule has 23 heavy (non-hydrogen) atoms.